The van der Waals surface area contributed by atoms with E-state index in [2.05, 4.69) is 52.6 Å². The summed E-state index contributed by atoms with van der Waals surface area (Å²) in [5.74, 6) is 2.97. The summed E-state index contributed by atoms with van der Waals surface area (Å²) in [5, 5.41) is 6.67. The minimum atomic E-state index is 0.695. The maximum atomic E-state index is 5.26. The van der Waals surface area contributed by atoms with E-state index in [4.69, 9.17) is 4.74 Å². The van der Waals surface area contributed by atoms with E-state index < -0.39 is 0 Å². The Morgan fingerprint density at radius 3 is 2.32 bits per heavy atom. The summed E-state index contributed by atoms with van der Waals surface area (Å²) < 4.78 is 5.26. The first-order valence-electron chi connectivity index (χ1n) is 8.14. The van der Waals surface area contributed by atoms with Gasteiger partial charge >= 0.3 is 0 Å². The van der Waals surface area contributed by atoms with Crippen molar-refractivity contribution in [1.82, 2.24) is 9.97 Å². The topological polar surface area (TPSA) is 59.1 Å². The number of benzene rings is 2. The summed E-state index contributed by atoms with van der Waals surface area (Å²) >= 11 is 0. The van der Waals surface area contributed by atoms with Gasteiger partial charge in [-0.1, -0.05) is 23.8 Å². The molecular formula is C20H22N4O. The molecule has 0 radical (unpaired) electrons. The molecule has 1 heterocycles. The molecule has 0 fully saturated rings. The molecule has 0 aliphatic rings. The smallest absolute Gasteiger partial charge is 0.136 e. The third-order valence-electron chi connectivity index (χ3n) is 3.82. The van der Waals surface area contributed by atoms with Crippen LogP contribution in [-0.4, -0.2) is 17.1 Å². The van der Waals surface area contributed by atoms with E-state index in [0.717, 1.165) is 28.8 Å². The molecule has 25 heavy (non-hydrogen) atoms. The van der Waals surface area contributed by atoms with Gasteiger partial charge in [-0.05, 0) is 44.5 Å². The highest BCUT2D eigenvalue weighted by molar-refractivity contribution is 5.65. The molecule has 2 N–H and O–H groups in total. The van der Waals surface area contributed by atoms with E-state index in [1.165, 1.54) is 11.1 Å². The Morgan fingerprint density at radius 2 is 1.60 bits per heavy atom. The van der Waals surface area contributed by atoms with Gasteiger partial charge in [0, 0.05) is 23.5 Å². The standard InChI is InChI=1S/C20H22N4O/c1-13-8-9-18(14(2)10-13)24-20-12-19(21-15(3)22-20)23-16-6-5-7-17(11-16)25-4/h5-12H,1-4H3,(H2,21,22,23,24). The Bertz CT molecular complexity index is 893. The molecule has 0 saturated carbocycles. The zero-order valence-corrected chi connectivity index (χ0v) is 14.9. The Balaban J connectivity index is 1.84. The molecule has 128 valence electrons. The zero-order chi connectivity index (χ0) is 17.8. The molecule has 0 atom stereocenters. The van der Waals surface area contributed by atoms with Crippen LogP contribution in [0.25, 0.3) is 0 Å². The van der Waals surface area contributed by atoms with Gasteiger partial charge in [-0.25, -0.2) is 9.97 Å². The summed E-state index contributed by atoms with van der Waals surface area (Å²) in [6.07, 6.45) is 0. The Morgan fingerprint density at radius 1 is 0.840 bits per heavy atom. The molecule has 1 aromatic heterocycles. The average Bonchev–Trinajstić information content (AvgIpc) is 2.57. The predicted octanol–water partition coefficient (Wildman–Crippen LogP) is 4.90. The van der Waals surface area contributed by atoms with Crippen LogP contribution in [0.5, 0.6) is 5.75 Å². The van der Waals surface area contributed by atoms with Crippen LogP contribution in [0.3, 0.4) is 0 Å². The molecule has 0 amide bonds. The lowest BCUT2D eigenvalue weighted by Gasteiger charge is -2.12. The van der Waals surface area contributed by atoms with Crippen LogP contribution in [-0.2, 0) is 0 Å². The number of hydrogen-bond acceptors (Lipinski definition) is 5. The molecule has 0 aliphatic carbocycles. The van der Waals surface area contributed by atoms with Crippen LogP contribution in [0.4, 0.5) is 23.0 Å². The van der Waals surface area contributed by atoms with Crippen LogP contribution in [0.2, 0.25) is 0 Å². The van der Waals surface area contributed by atoms with Crippen LogP contribution >= 0.6 is 0 Å². The summed E-state index contributed by atoms with van der Waals surface area (Å²) in [5.41, 5.74) is 4.37. The van der Waals surface area contributed by atoms with Gasteiger partial charge in [0.1, 0.15) is 23.2 Å². The number of ether oxygens (including phenoxy) is 1. The molecule has 0 bridgehead atoms. The second kappa shape index (κ2) is 7.21. The van der Waals surface area contributed by atoms with E-state index in [1.54, 1.807) is 7.11 Å². The summed E-state index contributed by atoms with van der Waals surface area (Å²) in [4.78, 5) is 8.94. The Labute approximate surface area is 148 Å². The van der Waals surface area contributed by atoms with Gasteiger partial charge in [-0.15, -0.1) is 0 Å². The van der Waals surface area contributed by atoms with Gasteiger partial charge in [0.15, 0.2) is 0 Å². The monoisotopic (exact) mass is 334 g/mol. The van der Waals surface area contributed by atoms with Crippen LogP contribution in [0.15, 0.2) is 48.5 Å². The fourth-order valence-corrected chi connectivity index (χ4v) is 2.64. The third-order valence-corrected chi connectivity index (χ3v) is 3.82. The maximum absolute atomic E-state index is 5.26. The van der Waals surface area contributed by atoms with E-state index in [0.29, 0.717) is 5.82 Å². The minimum Gasteiger partial charge on any atom is -0.497 e. The number of aromatic nitrogens is 2. The van der Waals surface area contributed by atoms with Crippen molar-refractivity contribution in [3.8, 4) is 5.75 Å². The second-order valence-electron chi connectivity index (χ2n) is 5.99. The molecule has 3 aromatic rings. The van der Waals surface area contributed by atoms with Gasteiger partial charge in [0.2, 0.25) is 0 Å². The second-order valence-corrected chi connectivity index (χ2v) is 5.99. The summed E-state index contributed by atoms with van der Waals surface area (Å²) in [6.45, 7) is 6.05. The summed E-state index contributed by atoms with van der Waals surface area (Å²) in [6, 6.07) is 15.9. The molecule has 3 rings (SSSR count). The van der Waals surface area contributed by atoms with Gasteiger partial charge < -0.3 is 15.4 Å². The first kappa shape index (κ1) is 16.8. The lowest BCUT2D eigenvalue weighted by molar-refractivity contribution is 0.415. The Kier molecular flexibility index (Phi) is 4.84. The molecule has 2 aromatic carbocycles. The van der Waals surface area contributed by atoms with Crippen LogP contribution in [0.1, 0.15) is 17.0 Å². The zero-order valence-electron chi connectivity index (χ0n) is 14.9. The fraction of sp³-hybridized carbons (Fsp3) is 0.200. The molecule has 5 nitrogen and oxygen atoms in total. The van der Waals surface area contributed by atoms with E-state index in [9.17, 15) is 0 Å². The van der Waals surface area contributed by atoms with Crippen molar-refractivity contribution < 1.29 is 4.74 Å². The lowest BCUT2D eigenvalue weighted by Crippen LogP contribution is -2.02. The van der Waals surface area contributed by atoms with E-state index in [-0.39, 0.29) is 0 Å². The number of nitrogens with zero attached hydrogens (tertiary/aromatic N) is 2. The number of methoxy groups -OCH3 is 1. The van der Waals surface area contributed by atoms with Crippen molar-refractivity contribution in [3.05, 3.63) is 65.5 Å². The molecule has 0 unspecified atom stereocenters. The minimum absolute atomic E-state index is 0.695. The molecular weight excluding hydrogens is 312 g/mol. The number of anilines is 4. The summed E-state index contributed by atoms with van der Waals surface area (Å²) in [7, 11) is 1.65. The number of hydrogen-bond donors (Lipinski definition) is 2. The molecule has 0 spiro atoms. The Hall–Kier alpha value is -3.08. The molecule has 0 saturated heterocycles. The van der Waals surface area contributed by atoms with Gasteiger partial charge in [0.05, 0.1) is 7.11 Å². The SMILES string of the molecule is COc1cccc(Nc2cc(Nc3ccc(C)cc3C)nc(C)n2)c1. The van der Waals surface area contributed by atoms with Crippen molar-refractivity contribution in [2.75, 3.05) is 17.7 Å². The van der Waals surface area contributed by atoms with Crippen LogP contribution in [0, 0.1) is 20.8 Å². The van der Waals surface area contributed by atoms with E-state index in [1.807, 2.05) is 37.3 Å². The van der Waals surface area contributed by atoms with Crippen LogP contribution < -0.4 is 15.4 Å². The van der Waals surface area contributed by atoms with Crippen molar-refractivity contribution in [3.63, 3.8) is 0 Å². The number of aryl methyl sites for hydroxylation is 3. The van der Waals surface area contributed by atoms with Gasteiger partial charge in [-0.2, -0.15) is 0 Å². The first-order chi connectivity index (χ1) is 12.0. The number of nitrogens with one attached hydrogen (secondary N) is 2. The van der Waals surface area contributed by atoms with Crippen molar-refractivity contribution in [1.29, 1.82) is 0 Å². The third kappa shape index (κ3) is 4.26. The van der Waals surface area contributed by atoms with Gasteiger partial charge in [-0.3, -0.25) is 0 Å². The largest absolute Gasteiger partial charge is 0.497 e. The average molecular weight is 334 g/mol. The van der Waals surface area contributed by atoms with Crippen molar-refractivity contribution >= 4 is 23.0 Å². The predicted molar refractivity (Wildman–Crippen MR) is 102 cm³/mol. The van der Waals surface area contributed by atoms with Gasteiger partial charge in [0.25, 0.3) is 0 Å². The fourth-order valence-electron chi connectivity index (χ4n) is 2.64. The highest BCUT2D eigenvalue weighted by Gasteiger charge is 2.05. The van der Waals surface area contributed by atoms with Crippen molar-refractivity contribution in [2.24, 2.45) is 0 Å². The maximum Gasteiger partial charge on any atom is 0.136 e. The first-order valence-corrected chi connectivity index (χ1v) is 8.14. The highest BCUT2D eigenvalue weighted by Crippen LogP contribution is 2.24. The van der Waals surface area contributed by atoms with E-state index >= 15 is 0 Å². The number of rotatable bonds is 5. The molecule has 5 heteroatoms. The molecule has 0 aliphatic heterocycles. The quantitative estimate of drug-likeness (QED) is 0.695. The lowest BCUT2D eigenvalue weighted by atomic mass is 10.1. The normalized spacial score (nSPS) is 10.4. The van der Waals surface area contributed by atoms with Crippen molar-refractivity contribution in [2.45, 2.75) is 20.8 Å². The highest BCUT2D eigenvalue weighted by atomic mass is 16.5.